The van der Waals surface area contributed by atoms with Gasteiger partial charge in [0.05, 0.1) is 22.4 Å². The molecule has 10 aromatic rings. The van der Waals surface area contributed by atoms with Crippen LogP contribution in [0.1, 0.15) is 74.9 Å². The lowest BCUT2D eigenvalue weighted by Gasteiger charge is -2.33. The summed E-state index contributed by atoms with van der Waals surface area (Å²) in [5, 5.41) is 2.45. The summed E-state index contributed by atoms with van der Waals surface area (Å²) in [6, 6.07) is 78.1. The number of benzene rings is 8. The highest BCUT2D eigenvalue weighted by atomic mass is 15.4. The van der Waals surface area contributed by atoms with Crippen molar-refractivity contribution in [3.63, 3.8) is 0 Å². The fraction of sp³-hybridized carbons (Fsp3) is 0.159. The van der Waals surface area contributed by atoms with Crippen molar-refractivity contribution < 1.29 is 0 Å². The highest BCUT2D eigenvalue weighted by Gasteiger charge is 2.34. The molecule has 0 amide bonds. The van der Waals surface area contributed by atoms with Crippen LogP contribution in [0.5, 0.6) is 0 Å². The Bertz CT molecular complexity index is 3330. The van der Waals surface area contributed by atoms with Crippen molar-refractivity contribution >= 4 is 44.6 Å². The Balaban J connectivity index is 1.05. The maximum Gasteiger partial charge on any atom is 0.137 e. The predicted octanol–water partition coefficient (Wildman–Crippen LogP) is 16.1. The van der Waals surface area contributed by atoms with Gasteiger partial charge in [-0.1, -0.05) is 193 Å². The maximum absolute atomic E-state index is 4.83. The minimum Gasteiger partial charge on any atom is -0.321 e. The molecule has 4 nitrogen and oxygen atoms in total. The Labute approximate surface area is 395 Å². The second-order valence-corrected chi connectivity index (χ2v) is 19.8. The molecule has 0 unspecified atom stereocenters. The van der Waals surface area contributed by atoms with Crippen molar-refractivity contribution in [1.82, 2.24) is 9.55 Å². The van der Waals surface area contributed by atoms with Gasteiger partial charge in [-0.15, -0.1) is 0 Å². The minimum atomic E-state index is -0.368. The van der Waals surface area contributed by atoms with Crippen LogP contribution in [0.2, 0.25) is 0 Å². The van der Waals surface area contributed by atoms with Crippen molar-refractivity contribution in [3.8, 4) is 16.9 Å². The van der Waals surface area contributed by atoms with Gasteiger partial charge in [0, 0.05) is 44.6 Å². The van der Waals surface area contributed by atoms with Gasteiger partial charge in [-0.2, -0.15) is 0 Å². The summed E-state index contributed by atoms with van der Waals surface area (Å²) in [4.78, 5) is 9.87. The van der Waals surface area contributed by atoms with Crippen LogP contribution in [0.25, 0.3) is 38.8 Å². The van der Waals surface area contributed by atoms with E-state index in [1.807, 2.05) is 12.3 Å². The van der Waals surface area contributed by atoms with Gasteiger partial charge in [0.2, 0.25) is 0 Å². The first-order valence-corrected chi connectivity index (χ1v) is 23.6. The Morgan fingerprint density at radius 3 is 1.45 bits per heavy atom. The summed E-state index contributed by atoms with van der Waals surface area (Å²) in [5.74, 6) is 0.916. The molecule has 0 N–H and O–H groups in total. The summed E-state index contributed by atoms with van der Waals surface area (Å²) in [6.07, 6.45) is 1.88. The minimum absolute atomic E-state index is 0.239. The van der Waals surface area contributed by atoms with E-state index in [0.29, 0.717) is 6.67 Å². The van der Waals surface area contributed by atoms with E-state index in [-0.39, 0.29) is 16.2 Å². The molecule has 67 heavy (non-hydrogen) atoms. The molecule has 0 saturated heterocycles. The van der Waals surface area contributed by atoms with Crippen LogP contribution in [-0.2, 0) is 16.2 Å². The molecule has 1 aliphatic rings. The lowest BCUT2D eigenvalue weighted by molar-refractivity contribution is 0.617. The summed E-state index contributed by atoms with van der Waals surface area (Å²) >= 11 is 0. The van der Waals surface area contributed by atoms with Gasteiger partial charge in [-0.3, -0.25) is 4.57 Å². The van der Waals surface area contributed by atoms with Gasteiger partial charge in [0.15, 0.2) is 0 Å². The molecule has 0 saturated carbocycles. The van der Waals surface area contributed by atoms with E-state index in [1.165, 1.54) is 72.3 Å². The second-order valence-electron chi connectivity index (χ2n) is 19.8. The third-order valence-corrected chi connectivity index (χ3v) is 14.7. The number of hydrogen-bond acceptors (Lipinski definition) is 3. The fourth-order valence-electron chi connectivity index (χ4n) is 10.4. The average Bonchev–Trinajstić information content (AvgIpc) is 3.93. The van der Waals surface area contributed by atoms with Gasteiger partial charge < -0.3 is 9.80 Å². The van der Waals surface area contributed by atoms with Gasteiger partial charge in [0.1, 0.15) is 12.5 Å². The number of para-hydroxylation sites is 3. The van der Waals surface area contributed by atoms with Crippen molar-refractivity contribution in [2.75, 3.05) is 16.5 Å². The molecule has 3 heterocycles. The van der Waals surface area contributed by atoms with Gasteiger partial charge in [-0.05, 0) is 105 Å². The third kappa shape index (κ3) is 7.28. The molecule has 0 spiro atoms. The summed E-state index contributed by atoms with van der Waals surface area (Å²) in [5.41, 5.74) is 16.2. The number of fused-ring (bicyclic) bond motifs is 4. The van der Waals surface area contributed by atoms with Crippen molar-refractivity contribution in [3.05, 3.63) is 252 Å². The zero-order valence-corrected chi connectivity index (χ0v) is 39.3. The molecule has 0 aliphatic carbocycles. The zero-order chi connectivity index (χ0) is 45.9. The quantitative estimate of drug-likeness (QED) is 0.137. The van der Waals surface area contributed by atoms with Crippen LogP contribution in [-0.4, -0.2) is 16.2 Å². The van der Waals surface area contributed by atoms with E-state index >= 15 is 0 Å². The Morgan fingerprint density at radius 1 is 0.358 bits per heavy atom. The Hall–Kier alpha value is -7.69. The monoisotopic (exact) mass is 868 g/mol. The number of hydrogen-bond donors (Lipinski definition) is 0. The molecule has 4 heteroatoms. The third-order valence-electron chi connectivity index (χ3n) is 14.7. The number of pyridine rings is 1. The topological polar surface area (TPSA) is 24.3 Å². The highest BCUT2D eigenvalue weighted by molar-refractivity contribution is 6.09. The summed E-state index contributed by atoms with van der Waals surface area (Å²) in [6.45, 7) is 14.8. The van der Waals surface area contributed by atoms with Crippen LogP contribution in [0.15, 0.2) is 219 Å². The van der Waals surface area contributed by atoms with E-state index in [9.17, 15) is 0 Å². The number of rotatable bonds is 10. The Morgan fingerprint density at radius 2 is 0.851 bits per heavy atom. The molecule has 328 valence electrons. The molecule has 2 aromatic heterocycles. The summed E-state index contributed by atoms with van der Waals surface area (Å²) in [7, 11) is 0. The van der Waals surface area contributed by atoms with Crippen LogP contribution in [0, 0.1) is 0 Å². The van der Waals surface area contributed by atoms with Crippen LogP contribution in [0.3, 0.4) is 0 Å². The molecular weight excluding hydrogens is 813 g/mol. The first-order chi connectivity index (χ1) is 32.5. The smallest absolute Gasteiger partial charge is 0.137 e. The van der Waals surface area contributed by atoms with E-state index in [2.05, 4.69) is 262 Å². The SMILES string of the molecule is CC(C)(c1ccccc1)c1cc(N2CN(c3cc(-c4ccccc4)cc(C(C)(C)c4ccc5c6ccccc6n(-c6ccccn6)c5c4)c3)c3ccccc32)cc(C(C)(C)c2ccccc2)c1. The molecule has 1 aliphatic heterocycles. The Kier molecular flexibility index (Phi) is 10.2. The van der Waals surface area contributed by atoms with Crippen molar-refractivity contribution in [2.24, 2.45) is 0 Å². The zero-order valence-electron chi connectivity index (χ0n) is 39.3. The van der Waals surface area contributed by atoms with Gasteiger partial charge in [0.25, 0.3) is 0 Å². The maximum atomic E-state index is 4.83. The molecule has 11 rings (SSSR count). The van der Waals surface area contributed by atoms with Crippen molar-refractivity contribution in [2.45, 2.75) is 57.8 Å². The van der Waals surface area contributed by atoms with Crippen LogP contribution in [0.4, 0.5) is 22.7 Å². The standard InChI is InChI=1S/C63H56N4/c1-61(2,46-24-12-8-13-25-46)50-38-51(62(3,4)47-26-14-9-15-27-47)41-53(40-50)66-43-65(57-30-18-19-31-58(57)66)52-37-45(44-22-10-7-11-23-44)36-49(39-52)63(5,6)48-33-34-55-54-28-16-17-29-56(54)67(59(55)42-48)60-32-20-21-35-64-60/h7-42H,43H2,1-6H3. The molecule has 0 atom stereocenters. The first-order valence-electron chi connectivity index (χ1n) is 23.6. The summed E-state index contributed by atoms with van der Waals surface area (Å²) < 4.78 is 2.31. The van der Waals surface area contributed by atoms with Crippen LogP contribution >= 0.6 is 0 Å². The van der Waals surface area contributed by atoms with Gasteiger partial charge >= 0.3 is 0 Å². The van der Waals surface area contributed by atoms with E-state index in [0.717, 1.165) is 22.5 Å². The average molecular weight is 869 g/mol. The van der Waals surface area contributed by atoms with Crippen molar-refractivity contribution in [1.29, 1.82) is 0 Å². The normalized spacial score (nSPS) is 13.1. The van der Waals surface area contributed by atoms with E-state index in [4.69, 9.17) is 4.98 Å². The number of aromatic nitrogens is 2. The lowest BCUT2D eigenvalue weighted by atomic mass is 9.73. The number of anilines is 4. The fourth-order valence-corrected chi connectivity index (χ4v) is 10.4. The molecule has 0 fully saturated rings. The van der Waals surface area contributed by atoms with Gasteiger partial charge in [-0.25, -0.2) is 4.98 Å². The molecule has 0 bridgehead atoms. The second kappa shape index (κ2) is 16.3. The molecule has 8 aromatic carbocycles. The lowest BCUT2D eigenvalue weighted by Crippen LogP contribution is -2.27. The molecule has 0 radical (unpaired) electrons. The van der Waals surface area contributed by atoms with E-state index < -0.39 is 0 Å². The predicted molar refractivity (Wildman–Crippen MR) is 282 cm³/mol. The number of nitrogens with zero attached hydrogens (tertiary/aromatic N) is 4. The first kappa shape index (κ1) is 42.0. The molecular formula is C63H56N4. The highest BCUT2D eigenvalue weighted by Crippen LogP contribution is 2.49. The van der Waals surface area contributed by atoms with E-state index in [1.54, 1.807) is 0 Å². The largest absolute Gasteiger partial charge is 0.321 e. The van der Waals surface area contributed by atoms with Crippen LogP contribution < -0.4 is 9.80 Å².